The van der Waals surface area contributed by atoms with Gasteiger partial charge in [-0.15, -0.1) is 0 Å². The van der Waals surface area contributed by atoms with E-state index < -0.39 is 17.5 Å². The summed E-state index contributed by atoms with van der Waals surface area (Å²) in [5.41, 5.74) is 0.0197. The Morgan fingerprint density at radius 1 is 1.42 bits per heavy atom. The minimum Gasteiger partial charge on any atom is -0.395 e. The Bertz CT molecular complexity index is 464. The summed E-state index contributed by atoms with van der Waals surface area (Å²) in [5.74, 6) is -2.18. The third kappa shape index (κ3) is 3.91. The summed E-state index contributed by atoms with van der Waals surface area (Å²) in [6.07, 6.45) is 1.81. The summed E-state index contributed by atoms with van der Waals surface area (Å²) in [6.45, 7) is 3.10. The predicted octanol–water partition coefficient (Wildman–Crippen LogP) is 2.12. The van der Waals surface area contributed by atoms with E-state index >= 15 is 0 Å². The predicted molar refractivity (Wildman–Crippen MR) is 72.4 cm³/mol. The maximum absolute atomic E-state index is 13.5. The third-order valence-corrected chi connectivity index (χ3v) is 4.05. The van der Waals surface area contributed by atoms with Crippen LogP contribution in [0, 0.1) is 18.6 Å². The van der Waals surface area contributed by atoms with Crippen molar-refractivity contribution in [3.05, 3.63) is 34.9 Å². The topological polar surface area (TPSA) is 49.3 Å². The lowest BCUT2D eigenvalue weighted by molar-refractivity contribution is 0.0931. The summed E-state index contributed by atoms with van der Waals surface area (Å²) in [6, 6.07) is 1.56. The van der Waals surface area contributed by atoms with E-state index in [1.807, 2.05) is 6.26 Å². The van der Waals surface area contributed by atoms with Crippen LogP contribution in [0.3, 0.4) is 0 Å². The molecule has 0 fully saturated rings. The molecule has 0 aromatic heterocycles. The molecule has 3 nitrogen and oxygen atoms in total. The number of hydrogen-bond donors (Lipinski definition) is 2. The average molecular weight is 289 g/mol. The Hall–Kier alpha value is -1.14. The van der Waals surface area contributed by atoms with Gasteiger partial charge < -0.3 is 10.4 Å². The number of aliphatic hydroxyl groups excluding tert-OH is 1. The van der Waals surface area contributed by atoms with E-state index in [9.17, 15) is 13.6 Å². The van der Waals surface area contributed by atoms with Crippen molar-refractivity contribution in [3.8, 4) is 0 Å². The molecule has 0 heterocycles. The number of aliphatic hydroxyl groups is 1. The molecule has 1 aromatic rings. The van der Waals surface area contributed by atoms with Gasteiger partial charge in [0, 0.05) is 17.4 Å². The van der Waals surface area contributed by atoms with Crippen LogP contribution in [0.5, 0.6) is 0 Å². The molecule has 0 aliphatic heterocycles. The normalized spacial score (nSPS) is 14.0. The highest BCUT2D eigenvalue weighted by atomic mass is 32.2. The van der Waals surface area contributed by atoms with Crippen LogP contribution < -0.4 is 5.32 Å². The van der Waals surface area contributed by atoms with E-state index in [0.717, 1.165) is 0 Å². The number of carbonyl (C=O) groups excluding carboxylic acids is 1. The first-order valence-electron chi connectivity index (χ1n) is 5.80. The van der Waals surface area contributed by atoms with Gasteiger partial charge in [-0.25, -0.2) is 8.78 Å². The molecular weight excluding hydrogens is 272 g/mol. The molecule has 0 spiro atoms. The molecule has 1 rings (SSSR count). The molecule has 0 bridgehead atoms. The quantitative estimate of drug-likeness (QED) is 0.873. The van der Waals surface area contributed by atoms with Crippen molar-refractivity contribution in [1.82, 2.24) is 5.32 Å². The van der Waals surface area contributed by atoms with Crippen LogP contribution in [0.1, 0.15) is 22.8 Å². The molecule has 106 valence electrons. The summed E-state index contributed by atoms with van der Waals surface area (Å²) in [5, 5.41) is 11.5. The zero-order valence-electron chi connectivity index (χ0n) is 11.0. The molecular formula is C13H17F2NO2S. The number of amides is 1. The standard InChI is InChI=1S/C13H17F2NO2S/c1-7-4-9(11(15)5-10(7)14)13(18)16-8(2)12(6-17)19-3/h4-5,8,12,17H,6H2,1-3H3,(H,16,18)/t8-,12-/m0/s1. The first kappa shape index (κ1) is 15.9. The summed E-state index contributed by atoms with van der Waals surface area (Å²) >= 11 is 1.41. The number of thioether (sulfide) groups is 1. The third-order valence-electron chi connectivity index (χ3n) is 2.89. The lowest BCUT2D eigenvalue weighted by Crippen LogP contribution is -2.41. The van der Waals surface area contributed by atoms with Crippen LogP contribution in [0.25, 0.3) is 0 Å². The fourth-order valence-corrected chi connectivity index (χ4v) is 2.27. The minimum absolute atomic E-state index is 0.0897. The van der Waals surface area contributed by atoms with Gasteiger partial charge in [0.1, 0.15) is 11.6 Å². The molecule has 0 saturated carbocycles. The van der Waals surface area contributed by atoms with Crippen LogP contribution in [-0.2, 0) is 0 Å². The monoisotopic (exact) mass is 289 g/mol. The summed E-state index contributed by atoms with van der Waals surface area (Å²) in [4.78, 5) is 11.9. The van der Waals surface area contributed by atoms with Crippen LogP contribution in [-0.4, -0.2) is 35.2 Å². The van der Waals surface area contributed by atoms with Crippen molar-refractivity contribution in [1.29, 1.82) is 0 Å². The summed E-state index contributed by atoms with van der Waals surface area (Å²) < 4.78 is 26.7. The average Bonchev–Trinajstić information content (AvgIpc) is 2.35. The van der Waals surface area contributed by atoms with Crippen molar-refractivity contribution in [2.75, 3.05) is 12.9 Å². The van der Waals surface area contributed by atoms with Crippen LogP contribution >= 0.6 is 11.8 Å². The molecule has 2 N–H and O–H groups in total. The van der Waals surface area contributed by atoms with Crippen LogP contribution in [0.4, 0.5) is 8.78 Å². The van der Waals surface area contributed by atoms with E-state index in [-0.39, 0.29) is 29.0 Å². The second-order valence-corrected chi connectivity index (χ2v) is 5.38. The highest BCUT2D eigenvalue weighted by molar-refractivity contribution is 7.99. The summed E-state index contributed by atoms with van der Waals surface area (Å²) in [7, 11) is 0. The van der Waals surface area contributed by atoms with Gasteiger partial charge in [0.25, 0.3) is 5.91 Å². The molecule has 0 radical (unpaired) electrons. The van der Waals surface area contributed by atoms with E-state index in [2.05, 4.69) is 5.32 Å². The van der Waals surface area contributed by atoms with Crippen molar-refractivity contribution >= 4 is 17.7 Å². The number of carbonyl (C=O) groups is 1. The fourth-order valence-electron chi connectivity index (χ4n) is 1.65. The highest BCUT2D eigenvalue weighted by Gasteiger charge is 2.20. The van der Waals surface area contributed by atoms with Crippen molar-refractivity contribution in [2.24, 2.45) is 0 Å². The zero-order chi connectivity index (χ0) is 14.6. The van der Waals surface area contributed by atoms with Gasteiger partial charge in [-0.05, 0) is 31.7 Å². The second kappa shape index (κ2) is 6.86. The van der Waals surface area contributed by atoms with Crippen LogP contribution in [0.2, 0.25) is 0 Å². The molecule has 2 atom stereocenters. The molecule has 1 amide bonds. The molecule has 19 heavy (non-hydrogen) atoms. The van der Waals surface area contributed by atoms with Gasteiger partial charge in [-0.3, -0.25) is 4.79 Å². The Morgan fingerprint density at radius 2 is 2.05 bits per heavy atom. The number of benzene rings is 1. The SMILES string of the molecule is CS[C@@H](CO)[C@H](C)NC(=O)c1cc(C)c(F)cc1F. The number of nitrogens with one attached hydrogen (secondary N) is 1. The number of rotatable bonds is 5. The lowest BCUT2D eigenvalue weighted by atomic mass is 10.1. The van der Waals surface area contributed by atoms with Crippen molar-refractivity contribution in [2.45, 2.75) is 25.1 Å². The zero-order valence-corrected chi connectivity index (χ0v) is 11.9. The first-order valence-corrected chi connectivity index (χ1v) is 7.09. The van der Waals surface area contributed by atoms with Gasteiger partial charge in [0.05, 0.1) is 12.2 Å². The maximum atomic E-state index is 13.5. The van der Waals surface area contributed by atoms with Crippen molar-refractivity contribution < 1.29 is 18.7 Å². The Morgan fingerprint density at radius 3 is 2.58 bits per heavy atom. The Balaban J connectivity index is 2.87. The maximum Gasteiger partial charge on any atom is 0.254 e. The van der Waals surface area contributed by atoms with E-state index in [1.54, 1.807) is 6.92 Å². The molecule has 1 aromatic carbocycles. The van der Waals surface area contributed by atoms with Crippen molar-refractivity contribution in [3.63, 3.8) is 0 Å². The van der Waals surface area contributed by atoms with Gasteiger partial charge in [-0.1, -0.05) is 0 Å². The van der Waals surface area contributed by atoms with E-state index in [0.29, 0.717) is 6.07 Å². The minimum atomic E-state index is -0.891. The van der Waals surface area contributed by atoms with Gasteiger partial charge in [-0.2, -0.15) is 11.8 Å². The molecule has 0 aliphatic rings. The number of aryl methyl sites for hydroxylation is 1. The van der Waals surface area contributed by atoms with E-state index in [1.165, 1.54) is 24.8 Å². The number of hydrogen-bond acceptors (Lipinski definition) is 3. The Labute approximate surface area is 115 Å². The largest absolute Gasteiger partial charge is 0.395 e. The van der Waals surface area contributed by atoms with Gasteiger partial charge in [0.2, 0.25) is 0 Å². The molecule has 0 saturated heterocycles. The highest BCUT2D eigenvalue weighted by Crippen LogP contribution is 2.16. The second-order valence-electron chi connectivity index (χ2n) is 4.30. The lowest BCUT2D eigenvalue weighted by Gasteiger charge is -2.21. The van der Waals surface area contributed by atoms with Crippen LogP contribution in [0.15, 0.2) is 12.1 Å². The van der Waals surface area contributed by atoms with Gasteiger partial charge >= 0.3 is 0 Å². The van der Waals surface area contributed by atoms with Gasteiger partial charge in [0.15, 0.2) is 0 Å². The molecule has 0 unspecified atom stereocenters. The first-order chi connectivity index (χ1) is 8.90. The number of halogens is 2. The molecule has 0 aliphatic carbocycles. The van der Waals surface area contributed by atoms with E-state index in [4.69, 9.17) is 5.11 Å². The molecule has 6 heteroatoms. The Kier molecular flexibility index (Phi) is 5.75. The fraction of sp³-hybridized carbons (Fsp3) is 0.462. The smallest absolute Gasteiger partial charge is 0.254 e.